The maximum atomic E-state index is 14.0. The molecule has 4 heterocycles. The molecular formula is C55H37N3O. The van der Waals surface area contributed by atoms with Crippen molar-refractivity contribution in [3.63, 3.8) is 0 Å². The van der Waals surface area contributed by atoms with Crippen LogP contribution in [-0.4, -0.2) is 13.5 Å². The summed E-state index contributed by atoms with van der Waals surface area (Å²) in [4.78, 5) is 14.0. The Morgan fingerprint density at radius 2 is 0.949 bits per heavy atom. The van der Waals surface area contributed by atoms with Crippen molar-refractivity contribution in [2.45, 2.75) is 25.2 Å². The quantitative estimate of drug-likeness (QED) is 0.165. The fraction of sp³-hybridized carbons (Fsp3) is 0.0727. The standard InChI is InChI=1S/C55H37N3O/c59-55-43-20-8-7-17-40(43)47-32-37(33-48-42-19-10-12-22-50(42)58(55)54(47)48)36-25-28-53-46(31-36)45-30-35(24-27-52(45)57(53)39-15-5-2-6-16-39)34-23-26-51-44(29-34)41-18-9-11-21-49(41)56(51)38-13-3-1-4-14-38/h1-24,26-27,29-30,32-33,36H,25,28,31H2. The topological polar surface area (TPSA) is 31.3 Å². The molecule has 0 radical (unpaired) electrons. The molecule has 0 aliphatic heterocycles. The van der Waals surface area contributed by atoms with Crippen LogP contribution in [0.15, 0.2) is 187 Å². The molecule has 0 saturated heterocycles. The van der Waals surface area contributed by atoms with Gasteiger partial charge in [0.05, 0.1) is 27.6 Å². The largest absolute Gasteiger partial charge is 0.313 e. The van der Waals surface area contributed by atoms with Gasteiger partial charge in [-0.2, -0.15) is 0 Å². The van der Waals surface area contributed by atoms with Gasteiger partial charge in [-0.25, -0.2) is 0 Å². The lowest BCUT2D eigenvalue weighted by atomic mass is 9.81. The van der Waals surface area contributed by atoms with Crippen molar-refractivity contribution in [1.82, 2.24) is 13.5 Å². The summed E-state index contributed by atoms with van der Waals surface area (Å²) in [5.41, 5.74) is 14.8. The van der Waals surface area contributed by atoms with Crippen LogP contribution in [0, 0.1) is 0 Å². The zero-order chi connectivity index (χ0) is 38.8. The van der Waals surface area contributed by atoms with Crippen molar-refractivity contribution in [3.05, 3.63) is 209 Å². The first kappa shape index (κ1) is 32.6. The highest BCUT2D eigenvalue weighted by atomic mass is 16.1. The Kier molecular flexibility index (Phi) is 6.80. The number of rotatable bonds is 4. The highest BCUT2D eigenvalue weighted by Crippen LogP contribution is 2.44. The Bertz CT molecular complexity index is 3720. The third kappa shape index (κ3) is 4.63. The van der Waals surface area contributed by atoms with Crippen LogP contribution < -0.4 is 5.56 Å². The second-order valence-electron chi connectivity index (χ2n) is 16.4. The van der Waals surface area contributed by atoms with E-state index >= 15 is 0 Å². The molecule has 13 rings (SSSR count). The predicted octanol–water partition coefficient (Wildman–Crippen LogP) is 13.2. The summed E-state index contributed by atoms with van der Waals surface area (Å²) in [5, 5.41) is 9.11. The highest BCUT2D eigenvalue weighted by Gasteiger charge is 2.29. The van der Waals surface area contributed by atoms with E-state index in [9.17, 15) is 4.79 Å². The number of fused-ring (bicyclic) bond motifs is 11. The lowest BCUT2D eigenvalue weighted by Crippen LogP contribution is -2.15. The van der Waals surface area contributed by atoms with Crippen molar-refractivity contribution in [3.8, 4) is 22.5 Å². The molecule has 0 amide bonds. The molecule has 1 unspecified atom stereocenters. The lowest BCUT2D eigenvalue weighted by Gasteiger charge is -2.25. The Morgan fingerprint density at radius 3 is 1.66 bits per heavy atom. The third-order valence-electron chi connectivity index (χ3n) is 13.3. The molecule has 278 valence electrons. The van der Waals surface area contributed by atoms with Crippen LogP contribution in [0.5, 0.6) is 0 Å². The van der Waals surface area contributed by atoms with E-state index in [0.29, 0.717) is 5.92 Å². The summed E-state index contributed by atoms with van der Waals surface area (Å²) >= 11 is 0. The smallest absolute Gasteiger partial charge is 0.263 e. The first-order valence-corrected chi connectivity index (χ1v) is 20.7. The van der Waals surface area contributed by atoms with E-state index in [0.717, 1.165) is 51.8 Å². The van der Waals surface area contributed by atoms with E-state index in [1.807, 2.05) is 22.6 Å². The maximum Gasteiger partial charge on any atom is 0.263 e. The van der Waals surface area contributed by atoms with Crippen molar-refractivity contribution >= 4 is 70.7 Å². The average Bonchev–Trinajstić information content (AvgIpc) is 3.94. The average molecular weight is 756 g/mol. The number of benzene rings is 8. The maximum absolute atomic E-state index is 14.0. The summed E-state index contributed by atoms with van der Waals surface area (Å²) in [6.07, 6.45) is 2.98. The van der Waals surface area contributed by atoms with Crippen molar-refractivity contribution in [1.29, 1.82) is 0 Å². The number of pyridine rings is 1. The zero-order valence-corrected chi connectivity index (χ0v) is 32.3. The number of hydrogen-bond acceptors (Lipinski definition) is 1. The fourth-order valence-corrected chi connectivity index (χ4v) is 10.7. The first-order chi connectivity index (χ1) is 29.2. The lowest BCUT2D eigenvalue weighted by molar-refractivity contribution is 0.576. The molecule has 59 heavy (non-hydrogen) atoms. The van der Waals surface area contributed by atoms with Gasteiger partial charge in [-0.3, -0.25) is 9.20 Å². The minimum atomic E-state index is 0.0555. The van der Waals surface area contributed by atoms with Crippen molar-refractivity contribution < 1.29 is 0 Å². The van der Waals surface area contributed by atoms with E-state index in [1.54, 1.807) is 0 Å². The van der Waals surface area contributed by atoms with Crippen LogP contribution in [0.4, 0.5) is 0 Å². The monoisotopic (exact) mass is 755 g/mol. The Balaban J connectivity index is 0.996. The van der Waals surface area contributed by atoms with Crippen LogP contribution in [0.1, 0.15) is 29.2 Å². The Labute approximate surface area is 339 Å². The zero-order valence-electron chi connectivity index (χ0n) is 32.3. The predicted molar refractivity (Wildman–Crippen MR) is 245 cm³/mol. The van der Waals surface area contributed by atoms with Gasteiger partial charge in [0.1, 0.15) is 0 Å². The van der Waals surface area contributed by atoms with Crippen LogP contribution in [0.2, 0.25) is 0 Å². The summed E-state index contributed by atoms with van der Waals surface area (Å²) in [6.45, 7) is 0. The molecule has 0 spiro atoms. The van der Waals surface area contributed by atoms with Crippen molar-refractivity contribution in [2.75, 3.05) is 0 Å². The molecule has 1 aliphatic rings. The van der Waals surface area contributed by atoms with Gasteiger partial charge in [0.15, 0.2) is 0 Å². The molecule has 4 heteroatoms. The van der Waals surface area contributed by atoms with Gasteiger partial charge in [0.25, 0.3) is 5.56 Å². The van der Waals surface area contributed by atoms with Gasteiger partial charge >= 0.3 is 0 Å². The van der Waals surface area contributed by atoms with Gasteiger partial charge in [-0.1, -0.05) is 103 Å². The molecular weight excluding hydrogens is 719 g/mol. The van der Waals surface area contributed by atoms with Gasteiger partial charge in [0, 0.05) is 54.8 Å². The van der Waals surface area contributed by atoms with Gasteiger partial charge < -0.3 is 9.13 Å². The van der Waals surface area contributed by atoms with E-state index in [4.69, 9.17) is 0 Å². The number of para-hydroxylation sites is 4. The highest BCUT2D eigenvalue weighted by molar-refractivity contribution is 6.20. The molecule has 12 aromatic rings. The van der Waals surface area contributed by atoms with E-state index in [2.05, 4.69) is 173 Å². The number of aromatic nitrogens is 3. The Morgan fingerprint density at radius 1 is 0.424 bits per heavy atom. The molecule has 1 atom stereocenters. The summed E-state index contributed by atoms with van der Waals surface area (Å²) in [6, 6.07) is 65.8. The Hall–Kier alpha value is -7.43. The van der Waals surface area contributed by atoms with Gasteiger partial charge in [-0.15, -0.1) is 0 Å². The van der Waals surface area contributed by atoms with Crippen LogP contribution in [0.3, 0.4) is 0 Å². The molecule has 1 aliphatic carbocycles. The van der Waals surface area contributed by atoms with Crippen molar-refractivity contribution in [2.24, 2.45) is 0 Å². The SMILES string of the molecule is O=c1c2ccccc2c2cc(C3CCc4c(c5cc(-c6ccc7c(c6)c6ccccc6n7-c6ccccc6)ccc5n4-c4ccccc4)C3)cc3c4ccccc4n1c23. The van der Waals surface area contributed by atoms with Gasteiger partial charge in [-0.05, 0) is 132 Å². The third-order valence-corrected chi connectivity index (χ3v) is 13.3. The van der Waals surface area contributed by atoms with Crippen LogP contribution in [0.25, 0.3) is 93.2 Å². The second kappa shape index (κ2) is 12.3. The van der Waals surface area contributed by atoms with Crippen LogP contribution in [-0.2, 0) is 12.8 Å². The van der Waals surface area contributed by atoms with E-state index in [-0.39, 0.29) is 5.56 Å². The number of nitrogens with zero attached hydrogens (tertiary/aromatic N) is 3. The summed E-state index contributed by atoms with van der Waals surface area (Å²) < 4.78 is 6.86. The molecule has 0 N–H and O–H groups in total. The molecule has 4 nitrogen and oxygen atoms in total. The molecule has 0 fully saturated rings. The van der Waals surface area contributed by atoms with Crippen LogP contribution >= 0.6 is 0 Å². The molecule has 0 saturated carbocycles. The minimum absolute atomic E-state index is 0.0555. The van der Waals surface area contributed by atoms with Gasteiger partial charge in [0.2, 0.25) is 0 Å². The first-order valence-electron chi connectivity index (χ1n) is 20.7. The minimum Gasteiger partial charge on any atom is -0.313 e. The molecule has 0 bridgehead atoms. The summed E-state index contributed by atoms with van der Waals surface area (Å²) in [5.74, 6) is 0.328. The molecule has 4 aromatic heterocycles. The fourth-order valence-electron chi connectivity index (χ4n) is 10.7. The number of hydrogen-bond donors (Lipinski definition) is 0. The normalized spacial score (nSPS) is 14.5. The van der Waals surface area contributed by atoms with E-state index in [1.165, 1.54) is 77.4 Å². The summed E-state index contributed by atoms with van der Waals surface area (Å²) in [7, 11) is 0. The molecule has 8 aromatic carbocycles. The van der Waals surface area contributed by atoms with E-state index < -0.39 is 0 Å². The second-order valence-corrected chi connectivity index (χ2v) is 16.4.